The maximum absolute atomic E-state index is 5.66. The Morgan fingerprint density at radius 1 is 1.62 bits per heavy atom. The molecular formula is C7H15N. The van der Waals surface area contributed by atoms with Crippen molar-refractivity contribution in [3.05, 3.63) is 12.7 Å². The fraction of sp³-hybridized carbons (Fsp3) is 0.714. The van der Waals surface area contributed by atoms with Crippen LogP contribution in [0.1, 0.15) is 20.3 Å². The lowest BCUT2D eigenvalue weighted by atomic mass is 10.0. The predicted octanol–water partition coefficient (Wildman–Crippen LogP) is 1.55. The van der Waals surface area contributed by atoms with Crippen LogP contribution >= 0.6 is 0 Å². The summed E-state index contributed by atoms with van der Waals surface area (Å²) >= 11 is 0. The van der Waals surface area contributed by atoms with Crippen molar-refractivity contribution in [2.24, 2.45) is 11.7 Å². The molecule has 0 amide bonds. The van der Waals surface area contributed by atoms with E-state index in [0.717, 1.165) is 6.42 Å². The van der Waals surface area contributed by atoms with E-state index in [0.29, 0.717) is 12.0 Å². The Balaban J connectivity index is 3.30. The van der Waals surface area contributed by atoms with Gasteiger partial charge in [0.25, 0.3) is 0 Å². The van der Waals surface area contributed by atoms with Gasteiger partial charge in [0.15, 0.2) is 0 Å². The molecule has 1 nitrogen and oxygen atoms in total. The highest BCUT2D eigenvalue weighted by Gasteiger charge is 2.02. The molecule has 0 aromatic carbocycles. The summed E-state index contributed by atoms with van der Waals surface area (Å²) in [5.74, 6) is 0.577. The maximum Gasteiger partial charge on any atom is 0.00965 e. The molecule has 0 bridgehead atoms. The number of hydrogen-bond acceptors (Lipinski definition) is 1. The lowest BCUT2D eigenvalue weighted by Gasteiger charge is -2.11. The highest BCUT2D eigenvalue weighted by molar-refractivity contribution is 4.76. The van der Waals surface area contributed by atoms with Gasteiger partial charge in [-0.05, 0) is 12.3 Å². The van der Waals surface area contributed by atoms with Crippen molar-refractivity contribution >= 4 is 0 Å². The van der Waals surface area contributed by atoms with Crippen molar-refractivity contribution in [3.8, 4) is 0 Å². The van der Waals surface area contributed by atoms with Gasteiger partial charge >= 0.3 is 0 Å². The summed E-state index contributed by atoms with van der Waals surface area (Å²) in [4.78, 5) is 0. The minimum atomic E-state index is 0.299. The SMILES string of the molecule is C=CC[C@@H](N)C(C)C. The van der Waals surface area contributed by atoms with Crippen LogP contribution in [-0.2, 0) is 0 Å². The summed E-state index contributed by atoms with van der Waals surface area (Å²) in [5.41, 5.74) is 5.66. The van der Waals surface area contributed by atoms with Crippen molar-refractivity contribution in [2.75, 3.05) is 0 Å². The minimum absolute atomic E-state index is 0.299. The van der Waals surface area contributed by atoms with Gasteiger partial charge in [0.1, 0.15) is 0 Å². The molecule has 0 heterocycles. The Morgan fingerprint density at radius 2 is 2.12 bits per heavy atom. The van der Waals surface area contributed by atoms with E-state index in [-0.39, 0.29) is 0 Å². The zero-order valence-corrected chi connectivity index (χ0v) is 5.72. The van der Waals surface area contributed by atoms with E-state index in [1.165, 1.54) is 0 Å². The van der Waals surface area contributed by atoms with Crippen LogP contribution < -0.4 is 5.73 Å². The number of hydrogen-bond donors (Lipinski definition) is 1. The molecule has 0 saturated heterocycles. The van der Waals surface area contributed by atoms with E-state index in [4.69, 9.17) is 5.73 Å². The Kier molecular flexibility index (Phi) is 3.53. The van der Waals surface area contributed by atoms with Gasteiger partial charge in [-0.25, -0.2) is 0 Å². The average molecular weight is 113 g/mol. The van der Waals surface area contributed by atoms with Gasteiger partial charge in [-0.2, -0.15) is 0 Å². The monoisotopic (exact) mass is 113 g/mol. The summed E-state index contributed by atoms with van der Waals surface area (Å²) < 4.78 is 0. The molecule has 0 rings (SSSR count). The lowest BCUT2D eigenvalue weighted by Crippen LogP contribution is -2.25. The first-order valence-electron chi connectivity index (χ1n) is 3.05. The number of nitrogens with two attached hydrogens (primary N) is 1. The average Bonchev–Trinajstić information content (AvgIpc) is 1.67. The second kappa shape index (κ2) is 3.67. The molecule has 8 heavy (non-hydrogen) atoms. The highest BCUT2D eigenvalue weighted by Crippen LogP contribution is 2.01. The van der Waals surface area contributed by atoms with Gasteiger partial charge < -0.3 is 5.73 Å². The second-order valence-electron chi connectivity index (χ2n) is 2.43. The molecule has 0 unspecified atom stereocenters. The topological polar surface area (TPSA) is 26.0 Å². The molecule has 0 spiro atoms. The molecule has 1 heteroatoms. The van der Waals surface area contributed by atoms with Crippen molar-refractivity contribution in [2.45, 2.75) is 26.3 Å². The number of rotatable bonds is 3. The molecule has 0 radical (unpaired) electrons. The zero-order valence-electron chi connectivity index (χ0n) is 5.72. The first kappa shape index (κ1) is 7.70. The molecule has 1 atom stereocenters. The predicted molar refractivity (Wildman–Crippen MR) is 37.6 cm³/mol. The normalized spacial score (nSPS) is 14.0. The smallest absolute Gasteiger partial charge is 0.00965 e. The summed E-state index contributed by atoms with van der Waals surface area (Å²) in [7, 11) is 0. The van der Waals surface area contributed by atoms with Crippen LogP contribution in [0.25, 0.3) is 0 Å². The van der Waals surface area contributed by atoms with Crippen molar-refractivity contribution in [1.29, 1.82) is 0 Å². The minimum Gasteiger partial charge on any atom is -0.327 e. The van der Waals surface area contributed by atoms with E-state index in [1.807, 2.05) is 6.08 Å². The summed E-state index contributed by atoms with van der Waals surface area (Å²) in [6.45, 7) is 7.84. The van der Waals surface area contributed by atoms with Crippen LogP contribution in [0, 0.1) is 5.92 Å². The van der Waals surface area contributed by atoms with Crippen molar-refractivity contribution < 1.29 is 0 Å². The maximum atomic E-state index is 5.66. The van der Waals surface area contributed by atoms with Crippen LogP contribution in [0.15, 0.2) is 12.7 Å². The van der Waals surface area contributed by atoms with Gasteiger partial charge in [-0.3, -0.25) is 0 Å². The third-order valence-corrected chi connectivity index (χ3v) is 1.30. The van der Waals surface area contributed by atoms with E-state index >= 15 is 0 Å². The van der Waals surface area contributed by atoms with Gasteiger partial charge in [0, 0.05) is 6.04 Å². The van der Waals surface area contributed by atoms with Crippen molar-refractivity contribution in [1.82, 2.24) is 0 Å². The standard InChI is InChI=1S/C7H15N/c1-4-5-7(8)6(2)3/h4,6-7H,1,5,8H2,2-3H3/t7-/m1/s1. The Hall–Kier alpha value is -0.300. The summed E-state index contributed by atoms with van der Waals surface area (Å²) in [5, 5.41) is 0. The Bertz CT molecular complexity index is 66.8. The summed E-state index contributed by atoms with van der Waals surface area (Å²) in [6.07, 6.45) is 2.79. The largest absolute Gasteiger partial charge is 0.327 e. The quantitative estimate of drug-likeness (QED) is 0.552. The van der Waals surface area contributed by atoms with E-state index < -0.39 is 0 Å². The van der Waals surface area contributed by atoms with E-state index in [9.17, 15) is 0 Å². The van der Waals surface area contributed by atoms with Crippen LogP contribution in [0.5, 0.6) is 0 Å². The van der Waals surface area contributed by atoms with Gasteiger partial charge in [-0.1, -0.05) is 19.9 Å². The fourth-order valence-corrected chi connectivity index (χ4v) is 0.465. The molecule has 0 aliphatic rings. The second-order valence-corrected chi connectivity index (χ2v) is 2.43. The van der Waals surface area contributed by atoms with Crippen LogP contribution in [0.3, 0.4) is 0 Å². The molecule has 0 saturated carbocycles. The fourth-order valence-electron chi connectivity index (χ4n) is 0.465. The molecule has 48 valence electrons. The van der Waals surface area contributed by atoms with Crippen molar-refractivity contribution in [3.63, 3.8) is 0 Å². The van der Waals surface area contributed by atoms with Gasteiger partial charge in [0.2, 0.25) is 0 Å². The summed E-state index contributed by atoms with van der Waals surface area (Å²) in [6, 6.07) is 0.299. The highest BCUT2D eigenvalue weighted by atomic mass is 14.6. The molecule has 0 aliphatic heterocycles. The zero-order chi connectivity index (χ0) is 6.57. The van der Waals surface area contributed by atoms with E-state index in [1.54, 1.807) is 0 Å². The molecule has 0 aromatic rings. The Morgan fingerprint density at radius 3 is 2.25 bits per heavy atom. The molecule has 2 N–H and O–H groups in total. The van der Waals surface area contributed by atoms with Gasteiger partial charge in [-0.15, -0.1) is 6.58 Å². The third kappa shape index (κ3) is 2.80. The third-order valence-electron chi connectivity index (χ3n) is 1.30. The molecule has 0 aliphatic carbocycles. The van der Waals surface area contributed by atoms with Crippen LogP contribution in [0.2, 0.25) is 0 Å². The van der Waals surface area contributed by atoms with Crippen LogP contribution in [-0.4, -0.2) is 6.04 Å². The van der Waals surface area contributed by atoms with Gasteiger partial charge in [0.05, 0.1) is 0 Å². The Labute approximate surface area is 51.6 Å². The first-order valence-corrected chi connectivity index (χ1v) is 3.05. The first-order chi connectivity index (χ1) is 3.68. The van der Waals surface area contributed by atoms with Crippen LogP contribution in [0.4, 0.5) is 0 Å². The molecule has 0 fully saturated rings. The molecule has 0 aromatic heterocycles. The van der Waals surface area contributed by atoms with E-state index in [2.05, 4.69) is 20.4 Å². The lowest BCUT2D eigenvalue weighted by molar-refractivity contribution is 0.498. The molecular weight excluding hydrogens is 98.1 g/mol.